The molecule has 4 nitrogen and oxygen atoms in total. The molecule has 0 radical (unpaired) electrons. The Morgan fingerprint density at radius 3 is 2.79 bits per heavy atom. The molecule has 1 amide bonds. The van der Waals surface area contributed by atoms with Crippen LogP contribution in [0.4, 0.5) is 5.69 Å². The first-order valence-corrected chi connectivity index (χ1v) is 11.5. The smallest absolute Gasteiger partial charge is 0.259 e. The first-order chi connectivity index (χ1) is 13.4. The van der Waals surface area contributed by atoms with Gasteiger partial charge in [0.1, 0.15) is 5.75 Å². The molecule has 148 valence electrons. The van der Waals surface area contributed by atoms with Gasteiger partial charge in [0.05, 0.1) is 12.2 Å². The van der Waals surface area contributed by atoms with Gasteiger partial charge in [-0.2, -0.15) is 0 Å². The molecule has 0 fully saturated rings. The monoisotopic (exact) mass is 417 g/mol. The van der Waals surface area contributed by atoms with Crippen molar-refractivity contribution in [1.82, 2.24) is 0 Å². The third kappa shape index (κ3) is 4.78. The van der Waals surface area contributed by atoms with Gasteiger partial charge in [0.2, 0.25) is 0 Å². The Morgan fingerprint density at radius 2 is 2.00 bits per heavy atom. The van der Waals surface area contributed by atoms with E-state index in [4.69, 9.17) is 16.3 Å². The zero-order valence-corrected chi connectivity index (χ0v) is 17.4. The van der Waals surface area contributed by atoms with Crippen LogP contribution < -0.4 is 10.1 Å². The Hall–Kier alpha value is -2.24. The van der Waals surface area contributed by atoms with E-state index in [9.17, 15) is 9.00 Å². The van der Waals surface area contributed by atoms with Crippen molar-refractivity contribution in [2.75, 3.05) is 11.9 Å². The number of hydrogen-bond acceptors (Lipinski definition) is 3. The first kappa shape index (κ1) is 20.5. The second-order valence-corrected chi connectivity index (χ2v) is 9.39. The summed E-state index contributed by atoms with van der Waals surface area (Å²) in [7, 11) is -2.44. The van der Waals surface area contributed by atoms with E-state index in [2.05, 4.69) is 18.1 Å². The molecule has 1 atom stereocenters. The molecular weight excluding hydrogens is 394 g/mol. The molecule has 3 rings (SSSR count). The highest BCUT2D eigenvalue weighted by molar-refractivity contribution is 8.03. The van der Waals surface area contributed by atoms with Crippen LogP contribution in [0, 0.1) is 0 Å². The number of unbranched alkanes of at least 4 members (excludes halogenated alkanes) is 3. The molecule has 2 aromatic rings. The van der Waals surface area contributed by atoms with Gasteiger partial charge < -0.3 is 10.1 Å². The van der Waals surface area contributed by atoms with Crippen molar-refractivity contribution < 1.29 is 13.7 Å². The molecule has 1 aliphatic heterocycles. The molecular formula is C22H24ClNO3S. The summed E-state index contributed by atoms with van der Waals surface area (Å²) in [4.78, 5) is 13.5. The molecule has 2 aromatic carbocycles. The Morgan fingerprint density at radius 1 is 1.18 bits per heavy atom. The number of carbonyl (C=O) groups excluding carboxylic acids is 1. The molecule has 0 aromatic heterocycles. The normalized spacial score (nSPS) is 17.4. The second kappa shape index (κ2) is 8.84. The fourth-order valence-corrected chi connectivity index (χ4v) is 4.57. The van der Waals surface area contributed by atoms with Crippen molar-refractivity contribution in [2.24, 2.45) is 0 Å². The van der Waals surface area contributed by atoms with Crippen LogP contribution in [0.3, 0.4) is 0 Å². The summed E-state index contributed by atoms with van der Waals surface area (Å²) in [5, 5.41) is 4.91. The maximum absolute atomic E-state index is 12.8. The van der Waals surface area contributed by atoms with Crippen molar-refractivity contribution in [3.05, 3.63) is 58.0 Å². The molecule has 0 saturated heterocycles. The number of fused-ring (bicyclic) bond motifs is 1. The number of rotatable bonds is 8. The minimum Gasteiger partial charge on any atom is -0.493 e. The van der Waals surface area contributed by atoms with Crippen LogP contribution in [0.5, 0.6) is 5.75 Å². The largest absolute Gasteiger partial charge is 0.493 e. The molecule has 0 spiro atoms. The topological polar surface area (TPSA) is 55.4 Å². The highest BCUT2D eigenvalue weighted by Gasteiger charge is 2.18. The maximum atomic E-state index is 12.8. The summed E-state index contributed by atoms with van der Waals surface area (Å²) in [6, 6.07) is 10.3. The van der Waals surface area contributed by atoms with Crippen molar-refractivity contribution in [1.29, 1.82) is 0 Å². The minimum absolute atomic E-state index is 0.326. The van der Waals surface area contributed by atoms with E-state index >= 15 is 0 Å². The predicted octanol–water partition coefficient (Wildman–Crippen LogP) is 5.61. The standard InChI is InChI=1S/C22H24ClNO3S/c1-3-4-5-6-12-27-20-10-8-17(23)14-19(20)22(25)24-18-9-7-16-11-13-28(2,26)21(16)15-18/h7-11,13-15H,2-6,12H2,1H3,(H,24,25). The predicted molar refractivity (Wildman–Crippen MR) is 118 cm³/mol. The van der Waals surface area contributed by atoms with Crippen LogP contribution in [-0.2, 0) is 9.52 Å². The average Bonchev–Trinajstić information content (AvgIpc) is 2.97. The maximum Gasteiger partial charge on any atom is 0.259 e. The number of carbonyl (C=O) groups is 1. The Bertz CT molecular complexity index is 1010. The van der Waals surface area contributed by atoms with Gasteiger partial charge in [0.15, 0.2) is 0 Å². The third-order valence-electron chi connectivity index (χ3n) is 4.55. The van der Waals surface area contributed by atoms with Crippen LogP contribution in [0.25, 0.3) is 6.08 Å². The SMILES string of the molecule is C=S1(=O)C=Cc2ccc(NC(=O)c3cc(Cl)ccc3OCCCCCC)cc21. The van der Waals surface area contributed by atoms with Crippen LogP contribution in [-0.4, -0.2) is 22.6 Å². The summed E-state index contributed by atoms with van der Waals surface area (Å²) < 4.78 is 18.3. The van der Waals surface area contributed by atoms with Crippen LogP contribution >= 0.6 is 11.6 Å². The number of nitrogens with one attached hydrogen (secondary N) is 1. The van der Waals surface area contributed by atoms with E-state index in [1.165, 1.54) is 6.42 Å². The summed E-state index contributed by atoms with van der Waals surface area (Å²) >= 11 is 6.09. The molecule has 1 N–H and O–H groups in total. The molecule has 6 heteroatoms. The lowest BCUT2D eigenvalue weighted by molar-refractivity contribution is 0.102. The molecule has 28 heavy (non-hydrogen) atoms. The van der Waals surface area contributed by atoms with Gasteiger partial charge >= 0.3 is 0 Å². The number of benzene rings is 2. The van der Waals surface area contributed by atoms with Gasteiger partial charge in [-0.25, -0.2) is 0 Å². The molecule has 0 bridgehead atoms. The van der Waals surface area contributed by atoms with Crippen molar-refractivity contribution >= 4 is 44.7 Å². The van der Waals surface area contributed by atoms with E-state index < -0.39 is 9.52 Å². The van der Waals surface area contributed by atoms with Gasteiger partial charge in [-0.1, -0.05) is 43.9 Å². The number of anilines is 1. The van der Waals surface area contributed by atoms with E-state index in [0.717, 1.165) is 24.8 Å². The third-order valence-corrected chi connectivity index (χ3v) is 6.46. The number of amides is 1. The lowest BCUT2D eigenvalue weighted by Crippen LogP contribution is -2.14. The lowest BCUT2D eigenvalue weighted by Gasteiger charge is -2.13. The minimum atomic E-state index is -2.44. The first-order valence-electron chi connectivity index (χ1n) is 9.34. The zero-order valence-electron chi connectivity index (χ0n) is 15.9. The van der Waals surface area contributed by atoms with Crippen molar-refractivity contribution in [3.8, 4) is 5.75 Å². The van der Waals surface area contributed by atoms with E-state index in [1.807, 2.05) is 6.07 Å². The average molecular weight is 418 g/mol. The van der Waals surface area contributed by atoms with Gasteiger partial charge in [0.25, 0.3) is 5.91 Å². The van der Waals surface area contributed by atoms with Crippen LogP contribution in [0.1, 0.15) is 48.5 Å². The highest BCUT2D eigenvalue weighted by atomic mass is 35.5. The Kier molecular flexibility index (Phi) is 6.47. The zero-order chi connectivity index (χ0) is 20.1. The Labute approximate surface area is 171 Å². The van der Waals surface area contributed by atoms with Crippen molar-refractivity contribution in [2.45, 2.75) is 37.5 Å². The lowest BCUT2D eigenvalue weighted by atomic mass is 10.1. The summed E-state index contributed by atoms with van der Waals surface area (Å²) in [6.07, 6.45) is 6.15. The van der Waals surface area contributed by atoms with Gasteiger partial charge in [-0.3, -0.25) is 9.00 Å². The van der Waals surface area contributed by atoms with E-state index in [1.54, 1.807) is 41.8 Å². The summed E-state index contributed by atoms with van der Waals surface area (Å²) in [6.45, 7) is 2.71. The molecule has 1 aliphatic rings. The van der Waals surface area contributed by atoms with Crippen LogP contribution in [0.15, 0.2) is 46.7 Å². The molecule has 1 heterocycles. The van der Waals surface area contributed by atoms with Gasteiger partial charge in [0, 0.05) is 25.1 Å². The fourth-order valence-electron chi connectivity index (χ4n) is 3.02. The second-order valence-electron chi connectivity index (χ2n) is 6.79. The number of ether oxygens (including phenoxy) is 1. The highest BCUT2D eigenvalue weighted by Crippen LogP contribution is 2.30. The van der Waals surface area contributed by atoms with Crippen molar-refractivity contribution in [3.63, 3.8) is 0 Å². The van der Waals surface area contributed by atoms with Crippen LogP contribution in [0.2, 0.25) is 5.02 Å². The van der Waals surface area contributed by atoms with E-state index in [-0.39, 0.29) is 5.91 Å². The Balaban J connectivity index is 1.75. The number of halogens is 1. The van der Waals surface area contributed by atoms with E-state index in [0.29, 0.717) is 33.5 Å². The van der Waals surface area contributed by atoms with Gasteiger partial charge in [-0.05, 0) is 59.7 Å². The van der Waals surface area contributed by atoms with Gasteiger partial charge in [-0.15, -0.1) is 0 Å². The summed E-state index contributed by atoms with van der Waals surface area (Å²) in [5.74, 6) is 3.94. The molecule has 0 saturated carbocycles. The number of hydrogen-bond donors (Lipinski definition) is 1. The quantitative estimate of drug-likeness (QED) is 0.448. The fraction of sp³-hybridized carbons (Fsp3) is 0.273. The molecule has 0 aliphatic carbocycles. The molecule has 1 unspecified atom stereocenters. The summed E-state index contributed by atoms with van der Waals surface area (Å²) in [5.41, 5.74) is 1.78.